The van der Waals surface area contributed by atoms with E-state index in [9.17, 15) is 0 Å². The van der Waals surface area contributed by atoms with Gasteiger partial charge in [0.25, 0.3) is 0 Å². The molecule has 1 heterocycles. The SMILES string of the molecule is C#CCNc1ccccc1CN1CCC(CO)CC1. The van der Waals surface area contributed by atoms with E-state index in [0.29, 0.717) is 19.1 Å². The van der Waals surface area contributed by atoms with E-state index in [1.807, 2.05) is 6.07 Å². The van der Waals surface area contributed by atoms with Gasteiger partial charge in [-0.15, -0.1) is 6.42 Å². The number of hydrogen-bond acceptors (Lipinski definition) is 3. The second-order valence-corrected chi connectivity index (χ2v) is 5.12. The summed E-state index contributed by atoms with van der Waals surface area (Å²) in [6.07, 6.45) is 7.48. The zero-order chi connectivity index (χ0) is 13.5. The van der Waals surface area contributed by atoms with Crippen molar-refractivity contribution < 1.29 is 5.11 Å². The lowest BCUT2D eigenvalue weighted by atomic mass is 9.97. The average molecular weight is 258 g/mol. The van der Waals surface area contributed by atoms with Crippen LogP contribution in [0.3, 0.4) is 0 Å². The Morgan fingerprint density at radius 2 is 2.05 bits per heavy atom. The van der Waals surface area contributed by atoms with Gasteiger partial charge in [-0.2, -0.15) is 0 Å². The molecular weight excluding hydrogens is 236 g/mol. The normalized spacial score (nSPS) is 17.1. The maximum Gasteiger partial charge on any atom is 0.0763 e. The van der Waals surface area contributed by atoms with Gasteiger partial charge in [0.05, 0.1) is 6.54 Å². The highest BCUT2D eigenvalue weighted by Crippen LogP contribution is 2.21. The van der Waals surface area contributed by atoms with E-state index in [1.165, 1.54) is 5.56 Å². The molecule has 0 aliphatic carbocycles. The fraction of sp³-hybridized carbons (Fsp3) is 0.500. The Morgan fingerprint density at radius 3 is 2.74 bits per heavy atom. The lowest BCUT2D eigenvalue weighted by molar-refractivity contribution is 0.127. The van der Waals surface area contributed by atoms with E-state index in [2.05, 4.69) is 34.3 Å². The van der Waals surface area contributed by atoms with E-state index in [4.69, 9.17) is 11.5 Å². The van der Waals surface area contributed by atoms with Gasteiger partial charge in [-0.05, 0) is 43.5 Å². The van der Waals surface area contributed by atoms with Crippen molar-refractivity contribution in [3.05, 3.63) is 29.8 Å². The Morgan fingerprint density at radius 1 is 1.32 bits per heavy atom. The van der Waals surface area contributed by atoms with Crippen molar-refractivity contribution in [2.75, 3.05) is 31.6 Å². The van der Waals surface area contributed by atoms with Gasteiger partial charge < -0.3 is 10.4 Å². The maximum absolute atomic E-state index is 9.16. The molecule has 2 N–H and O–H groups in total. The highest BCUT2D eigenvalue weighted by molar-refractivity contribution is 5.51. The third-order valence-electron chi connectivity index (χ3n) is 3.76. The Hall–Kier alpha value is -1.50. The standard InChI is InChI=1S/C16H22N2O/c1-2-9-17-16-6-4-3-5-15(16)12-18-10-7-14(13-19)8-11-18/h1,3-6,14,17,19H,7-13H2. The second kappa shape index (κ2) is 7.18. The van der Waals surface area contributed by atoms with Crippen LogP contribution >= 0.6 is 0 Å². The summed E-state index contributed by atoms with van der Waals surface area (Å²) in [7, 11) is 0. The molecule has 1 aliphatic rings. The minimum atomic E-state index is 0.328. The van der Waals surface area contributed by atoms with Gasteiger partial charge in [0.15, 0.2) is 0 Å². The largest absolute Gasteiger partial charge is 0.396 e. The van der Waals surface area contributed by atoms with Gasteiger partial charge in [-0.3, -0.25) is 4.90 Å². The first-order valence-corrected chi connectivity index (χ1v) is 6.92. The van der Waals surface area contributed by atoms with E-state index in [0.717, 1.165) is 38.2 Å². The van der Waals surface area contributed by atoms with E-state index >= 15 is 0 Å². The summed E-state index contributed by atoms with van der Waals surface area (Å²) in [5.74, 6) is 3.10. The third-order valence-corrected chi connectivity index (χ3v) is 3.76. The molecule has 1 aromatic rings. The van der Waals surface area contributed by atoms with Crippen molar-refractivity contribution in [2.45, 2.75) is 19.4 Å². The summed E-state index contributed by atoms with van der Waals surface area (Å²) >= 11 is 0. The van der Waals surface area contributed by atoms with Crippen molar-refractivity contribution in [2.24, 2.45) is 5.92 Å². The number of likely N-dealkylation sites (tertiary alicyclic amines) is 1. The molecule has 1 aliphatic heterocycles. The number of benzene rings is 1. The van der Waals surface area contributed by atoms with Crippen LogP contribution in [0.15, 0.2) is 24.3 Å². The summed E-state index contributed by atoms with van der Waals surface area (Å²) in [5.41, 5.74) is 2.42. The Kier molecular flexibility index (Phi) is 5.26. The number of para-hydroxylation sites is 1. The molecule has 2 rings (SSSR count). The molecule has 0 atom stereocenters. The molecule has 1 saturated heterocycles. The van der Waals surface area contributed by atoms with Crippen LogP contribution < -0.4 is 5.32 Å². The summed E-state index contributed by atoms with van der Waals surface area (Å²) in [6.45, 7) is 3.97. The van der Waals surface area contributed by atoms with E-state index in [1.54, 1.807) is 0 Å². The van der Waals surface area contributed by atoms with Crippen molar-refractivity contribution in [1.82, 2.24) is 4.90 Å². The minimum Gasteiger partial charge on any atom is -0.396 e. The Bertz CT molecular complexity index is 431. The van der Waals surface area contributed by atoms with Crippen molar-refractivity contribution >= 4 is 5.69 Å². The molecule has 1 fully saturated rings. The van der Waals surface area contributed by atoms with Crippen molar-refractivity contribution in [1.29, 1.82) is 0 Å². The molecular formula is C16H22N2O. The monoisotopic (exact) mass is 258 g/mol. The lowest BCUT2D eigenvalue weighted by Gasteiger charge is -2.31. The number of nitrogens with zero attached hydrogens (tertiary/aromatic N) is 1. The molecule has 0 spiro atoms. The number of rotatable bonds is 5. The number of aliphatic hydroxyl groups is 1. The van der Waals surface area contributed by atoms with Crippen LogP contribution in [-0.2, 0) is 6.54 Å². The number of aliphatic hydroxyl groups excluding tert-OH is 1. The van der Waals surface area contributed by atoms with Crippen LogP contribution in [0, 0.1) is 18.3 Å². The molecule has 19 heavy (non-hydrogen) atoms. The first kappa shape index (κ1) is 13.9. The Labute approximate surface area is 115 Å². The third kappa shape index (κ3) is 3.99. The second-order valence-electron chi connectivity index (χ2n) is 5.12. The smallest absolute Gasteiger partial charge is 0.0763 e. The van der Waals surface area contributed by atoms with Gasteiger partial charge in [-0.25, -0.2) is 0 Å². The van der Waals surface area contributed by atoms with Gasteiger partial charge in [0, 0.05) is 18.8 Å². The summed E-state index contributed by atoms with van der Waals surface area (Å²) < 4.78 is 0. The zero-order valence-electron chi connectivity index (χ0n) is 11.3. The number of piperidine rings is 1. The first-order valence-electron chi connectivity index (χ1n) is 6.92. The number of anilines is 1. The van der Waals surface area contributed by atoms with Crippen LogP contribution in [0.5, 0.6) is 0 Å². The van der Waals surface area contributed by atoms with Crippen LogP contribution in [0.1, 0.15) is 18.4 Å². The maximum atomic E-state index is 9.16. The number of nitrogens with one attached hydrogen (secondary N) is 1. The molecule has 102 valence electrons. The van der Waals surface area contributed by atoms with Crippen molar-refractivity contribution in [3.63, 3.8) is 0 Å². The van der Waals surface area contributed by atoms with Crippen LogP contribution in [0.25, 0.3) is 0 Å². The van der Waals surface area contributed by atoms with Crippen molar-refractivity contribution in [3.8, 4) is 12.3 Å². The summed E-state index contributed by atoms with van der Waals surface area (Å²) in [6, 6.07) is 8.32. The number of terminal acetylenes is 1. The van der Waals surface area contributed by atoms with Crippen LogP contribution in [-0.4, -0.2) is 36.2 Å². The van der Waals surface area contributed by atoms with Crippen LogP contribution in [0.2, 0.25) is 0 Å². The van der Waals surface area contributed by atoms with Gasteiger partial charge in [-0.1, -0.05) is 24.1 Å². The fourth-order valence-corrected chi connectivity index (χ4v) is 2.54. The molecule has 0 aromatic heterocycles. The molecule has 3 heteroatoms. The van der Waals surface area contributed by atoms with Gasteiger partial charge in [0.2, 0.25) is 0 Å². The molecule has 0 bridgehead atoms. The van der Waals surface area contributed by atoms with Gasteiger partial charge in [0.1, 0.15) is 0 Å². The molecule has 0 amide bonds. The van der Waals surface area contributed by atoms with Crippen LogP contribution in [0.4, 0.5) is 5.69 Å². The minimum absolute atomic E-state index is 0.328. The first-order chi connectivity index (χ1) is 9.33. The molecule has 0 saturated carbocycles. The molecule has 0 unspecified atom stereocenters. The topological polar surface area (TPSA) is 35.5 Å². The quantitative estimate of drug-likeness (QED) is 0.792. The Balaban J connectivity index is 1.94. The predicted molar refractivity (Wildman–Crippen MR) is 78.9 cm³/mol. The summed E-state index contributed by atoms with van der Waals surface area (Å²) in [4.78, 5) is 2.45. The predicted octanol–water partition coefficient (Wildman–Crippen LogP) is 1.94. The highest BCUT2D eigenvalue weighted by Gasteiger charge is 2.18. The highest BCUT2D eigenvalue weighted by atomic mass is 16.3. The fourth-order valence-electron chi connectivity index (χ4n) is 2.54. The molecule has 0 radical (unpaired) electrons. The molecule has 3 nitrogen and oxygen atoms in total. The number of hydrogen-bond donors (Lipinski definition) is 2. The zero-order valence-corrected chi connectivity index (χ0v) is 11.3. The van der Waals surface area contributed by atoms with E-state index < -0.39 is 0 Å². The molecule has 1 aromatic carbocycles. The summed E-state index contributed by atoms with van der Waals surface area (Å²) in [5, 5.41) is 12.4. The van der Waals surface area contributed by atoms with Gasteiger partial charge >= 0.3 is 0 Å². The lowest BCUT2D eigenvalue weighted by Crippen LogP contribution is -2.34. The van der Waals surface area contributed by atoms with E-state index in [-0.39, 0.29) is 0 Å². The average Bonchev–Trinajstić information content (AvgIpc) is 2.47.